The molecule has 2 rings (SSSR count). The molecule has 0 radical (unpaired) electrons. The van der Waals surface area contributed by atoms with Gasteiger partial charge in [0.2, 0.25) is 0 Å². The van der Waals surface area contributed by atoms with Crippen molar-refractivity contribution < 1.29 is 4.74 Å². The molecule has 2 heteroatoms. The highest BCUT2D eigenvalue weighted by Gasteiger charge is 1.99. The Morgan fingerprint density at radius 2 is 2.19 bits per heavy atom. The molecule has 2 nitrogen and oxygen atoms in total. The van der Waals surface area contributed by atoms with Crippen molar-refractivity contribution >= 4 is 0 Å². The summed E-state index contributed by atoms with van der Waals surface area (Å²) in [7, 11) is 0. The Morgan fingerprint density at radius 3 is 2.94 bits per heavy atom. The first kappa shape index (κ1) is 11.0. The van der Waals surface area contributed by atoms with Gasteiger partial charge in [0.05, 0.1) is 0 Å². The lowest BCUT2D eigenvalue weighted by molar-refractivity contribution is 0.354. The smallest absolute Gasteiger partial charge is 0.120 e. The van der Waals surface area contributed by atoms with Gasteiger partial charge < -0.3 is 10.5 Å². The Balaban J connectivity index is 1.93. The van der Waals surface area contributed by atoms with E-state index in [1.165, 1.54) is 5.57 Å². The van der Waals surface area contributed by atoms with Crippen molar-refractivity contribution in [3.8, 4) is 5.75 Å². The second kappa shape index (κ2) is 5.52. The highest BCUT2D eigenvalue weighted by Crippen LogP contribution is 2.15. The zero-order valence-electron chi connectivity index (χ0n) is 9.36. The van der Waals surface area contributed by atoms with Gasteiger partial charge >= 0.3 is 0 Å². The van der Waals surface area contributed by atoms with Crippen LogP contribution in [0.1, 0.15) is 18.4 Å². The van der Waals surface area contributed by atoms with Crippen LogP contribution < -0.4 is 10.5 Å². The van der Waals surface area contributed by atoms with Gasteiger partial charge in [-0.3, -0.25) is 0 Å². The average Bonchev–Trinajstić information content (AvgIpc) is 2.38. The van der Waals surface area contributed by atoms with E-state index in [1.807, 2.05) is 24.3 Å². The fraction of sp³-hybridized carbons (Fsp3) is 0.286. The van der Waals surface area contributed by atoms with Crippen molar-refractivity contribution in [2.45, 2.75) is 19.4 Å². The van der Waals surface area contributed by atoms with Gasteiger partial charge in [-0.15, -0.1) is 0 Å². The normalized spacial score (nSPS) is 14.7. The minimum Gasteiger partial charge on any atom is -0.489 e. The van der Waals surface area contributed by atoms with Crippen molar-refractivity contribution in [1.82, 2.24) is 0 Å². The molecule has 84 valence electrons. The highest BCUT2D eigenvalue weighted by atomic mass is 16.5. The van der Waals surface area contributed by atoms with Crippen molar-refractivity contribution in [3.05, 3.63) is 53.6 Å². The molecule has 0 heterocycles. The Hall–Kier alpha value is -1.54. The molecule has 0 spiro atoms. The van der Waals surface area contributed by atoms with Crippen LogP contribution in [0.2, 0.25) is 0 Å². The van der Waals surface area contributed by atoms with Crippen LogP contribution in [-0.2, 0) is 6.54 Å². The van der Waals surface area contributed by atoms with Crippen molar-refractivity contribution in [1.29, 1.82) is 0 Å². The second-order valence-electron chi connectivity index (χ2n) is 3.90. The Labute approximate surface area is 96.4 Å². The van der Waals surface area contributed by atoms with Gasteiger partial charge in [0.1, 0.15) is 12.4 Å². The summed E-state index contributed by atoms with van der Waals surface area (Å²) < 4.78 is 5.71. The number of benzene rings is 1. The third-order valence-electron chi connectivity index (χ3n) is 2.61. The fourth-order valence-electron chi connectivity index (χ4n) is 1.70. The molecule has 0 saturated carbocycles. The predicted molar refractivity (Wildman–Crippen MR) is 66.3 cm³/mol. The highest BCUT2D eigenvalue weighted by molar-refractivity contribution is 5.30. The quantitative estimate of drug-likeness (QED) is 0.838. The lowest BCUT2D eigenvalue weighted by Gasteiger charge is -2.10. The summed E-state index contributed by atoms with van der Waals surface area (Å²) in [5.41, 5.74) is 7.94. The third-order valence-corrected chi connectivity index (χ3v) is 2.61. The van der Waals surface area contributed by atoms with Crippen molar-refractivity contribution in [2.75, 3.05) is 6.61 Å². The summed E-state index contributed by atoms with van der Waals surface area (Å²) in [5, 5.41) is 0. The van der Waals surface area contributed by atoms with Gasteiger partial charge in [0.15, 0.2) is 0 Å². The van der Waals surface area contributed by atoms with Gasteiger partial charge in [0, 0.05) is 6.54 Å². The summed E-state index contributed by atoms with van der Waals surface area (Å²) in [4.78, 5) is 0. The monoisotopic (exact) mass is 215 g/mol. The Kier molecular flexibility index (Phi) is 3.78. The number of ether oxygens (including phenoxy) is 1. The lowest BCUT2D eigenvalue weighted by atomic mass is 10.1. The maximum absolute atomic E-state index is 5.71. The summed E-state index contributed by atoms with van der Waals surface area (Å²) in [6.07, 6.45) is 8.82. The van der Waals surface area contributed by atoms with E-state index >= 15 is 0 Å². The number of hydrogen-bond donors (Lipinski definition) is 1. The molecule has 0 amide bonds. The maximum atomic E-state index is 5.71. The van der Waals surface area contributed by atoms with E-state index in [0.29, 0.717) is 13.2 Å². The van der Waals surface area contributed by atoms with Crippen LogP contribution in [0.4, 0.5) is 0 Å². The van der Waals surface area contributed by atoms with Crippen LogP contribution in [0.3, 0.4) is 0 Å². The van der Waals surface area contributed by atoms with Gasteiger partial charge in [-0.25, -0.2) is 0 Å². The molecule has 1 aliphatic rings. The largest absolute Gasteiger partial charge is 0.489 e. The number of rotatable bonds is 4. The summed E-state index contributed by atoms with van der Waals surface area (Å²) in [5.74, 6) is 0.892. The first-order valence-electron chi connectivity index (χ1n) is 5.66. The standard InChI is InChI=1S/C14H17NO/c15-10-13-7-4-8-14(9-13)16-11-12-5-2-1-3-6-12/h2,4-9H,1,3,10-11,15H2. The fourth-order valence-corrected chi connectivity index (χ4v) is 1.70. The Bertz CT molecular complexity index is 407. The van der Waals surface area contributed by atoms with E-state index in [2.05, 4.69) is 18.2 Å². The molecular weight excluding hydrogens is 198 g/mol. The van der Waals surface area contributed by atoms with E-state index in [1.54, 1.807) is 0 Å². The summed E-state index contributed by atoms with van der Waals surface area (Å²) in [6.45, 7) is 1.20. The van der Waals surface area contributed by atoms with Gasteiger partial charge in [0.25, 0.3) is 0 Å². The van der Waals surface area contributed by atoms with Crippen LogP contribution in [0.5, 0.6) is 5.75 Å². The van der Waals surface area contributed by atoms with Gasteiger partial charge in [-0.1, -0.05) is 30.4 Å². The minimum atomic E-state index is 0.555. The molecular formula is C14H17NO. The first-order chi connectivity index (χ1) is 7.88. The van der Waals surface area contributed by atoms with Crippen LogP contribution in [0.25, 0.3) is 0 Å². The Morgan fingerprint density at radius 1 is 1.25 bits per heavy atom. The van der Waals surface area contributed by atoms with Crippen LogP contribution >= 0.6 is 0 Å². The average molecular weight is 215 g/mol. The van der Waals surface area contributed by atoms with Crippen LogP contribution in [-0.4, -0.2) is 6.61 Å². The molecule has 0 aliphatic heterocycles. The van der Waals surface area contributed by atoms with Crippen molar-refractivity contribution in [2.24, 2.45) is 5.73 Å². The number of allylic oxidation sites excluding steroid dienone is 2. The second-order valence-corrected chi connectivity index (χ2v) is 3.90. The SMILES string of the molecule is NCc1cccc(OCC2=CCCC=C2)c1. The maximum Gasteiger partial charge on any atom is 0.120 e. The predicted octanol–water partition coefficient (Wildman–Crippen LogP) is 2.80. The van der Waals surface area contributed by atoms with Crippen molar-refractivity contribution in [3.63, 3.8) is 0 Å². The lowest BCUT2D eigenvalue weighted by Crippen LogP contribution is -2.02. The van der Waals surface area contributed by atoms with E-state index in [0.717, 1.165) is 24.2 Å². The number of hydrogen-bond acceptors (Lipinski definition) is 2. The molecule has 0 unspecified atom stereocenters. The topological polar surface area (TPSA) is 35.2 Å². The molecule has 1 aromatic rings. The van der Waals surface area contributed by atoms with Crippen LogP contribution in [0, 0.1) is 0 Å². The molecule has 0 bridgehead atoms. The zero-order chi connectivity index (χ0) is 11.2. The number of nitrogens with two attached hydrogens (primary N) is 1. The molecule has 16 heavy (non-hydrogen) atoms. The van der Waals surface area contributed by atoms with E-state index in [4.69, 9.17) is 10.5 Å². The van der Waals surface area contributed by atoms with E-state index < -0.39 is 0 Å². The summed E-state index contributed by atoms with van der Waals surface area (Å²) >= 11 is 0. The van der Waals surface area contributed by atoms with Gasteiger partial charge in [-0.2, -0.15) is 0 Å². The molecule has 1 aromatic carbocycles. The molecule has 1 aliphatic carbocycles. The zero-order valence-corrected chi connectivity index (χ0v) is 9.36. The van der Waals surface area contributed by atoms with Gasteiger partial charge in [-0.05, 0) is 36.1 Å². The van der Waals surface area contributed by atoms with E-state index in [9.17, 15) is 0 Å². The molecule has 0 aromatic heterocycles. The third kappa shape index (κ3) is 2.97. The molecule has 2 N–H and O–H groups in total. The minimum absolute atomic E-state index is 0.555. The molecule has 0 atom stereocenters. The van der Waals surface area contributed by atoms with E-state index in [-0.39, 0.29) is 0 Å². The summed E-state index contributed by atoms with van der Waals surface area (Å²) in [6, 6.07) is 7.94. The first-order valence-corrected chi connectivity index (χ1v) is 5.66. The molecule has 0 fully saturated rings. The van der Waals surface area contributed by atoms with Crippen LogP contribution in [0.15, 0.2) is 48.1 Å². The molecule has 0 saturated heterocycles.